The van der Waals surface area contributed by atoms with E-state index in [9.17, 15) is 5.11 Å². The third-order valence-corrected chi connectivity index (χ3v) is 5.42. The Morgan fingerprint density at radius 1 is 0.931 bits per heavy atom. The second-order valence-corrected chi connectivity index (χ2v) is 7.53. The van der Waals surface area contributed by atoms with E-state index in [0.29, 0.717) is 17.4 Å². The average Bonchev–Trinajstić information content (AvgIpc) is 2.89. The summed E-state index contributed by atoms with van der Waals surface area (Å²) < 4.78 is 5.91. The molecule has 0 fully saturated rings. The summed E-state index contributed by atoms with van der Waals surface area (Å²) in [4.78, 5) is 4.65. The van der Waals surface area contributed by atoms with Crippen molar-refractivity contribution in [2.75, 3.05) is 0 Å². The van der Waals surface area contributed by atoms with Crippen LogP contribution in [0.3, 0.4) is 0 Å². The molecule has 1 unspecified atom stereocenters. The fourth-order valence-corrected chi connectivity index (χ4v) is 3.82. The third-order valence-electron chi connectivity index (χ3n) is 5.18. The summed E-state index contributed by atoms with van der Waals surface area (Å²) in [6.45, 7) is 0.457. The maximum atomic E-state index is 10.9. The number of aliphatic hydroxyl groups excluding tert-OH is 1. The van der Waals surface area contributed by atoms with Gasteiger partial charge in [-0.25, -0.2) is 4.98 Å². The number of rotatable bonds is 2. The minimum atomic E-state index is -0.710. The Balaban J connectivity index is 1.48. The van der Waals surface area contributed by atoms with Crippen LogP contribution in [0.4, 0.5) is 0 Å². The van der Waals surface area contributed by atoms with Gasteiger partial charge < -0.3 is 9.84 Å². The minimum absolute atomic E-state index is 0.457. The second-order valence-electron chi connectivity index (χ2n) is 7.09. The molecule has 1 N–H and O–H groups in total. The topological polar surface area (TPSA) is 42.4 Å². The molecular weight excluding hydrogens is 382 g/mol. The van der Waals surface area contributed by atoms with Gasteiger partial charge in [0, 0.05) is 16.0 Å². The lowest BCUT2D eigenvalue weighted by Gasteiger charge is -2.13. The van der Waals surface area contributed by atoms with E-state index < -0.39 is 6.10 Å². The lowest BCUT2D eigenvalue weighted by Crippen LogP contribution is -2.01. The molecule has 5 rings (SSSR count). The number of halogens is 1. The number of aromatic nitrogens is 1. The van der Waals surface area contributed by atoms with Crippen molar-refractivity contribution >= 4 is 34.7 Å². The van der Waals surface area contributed by atoms with Crippen molar-refractivity contribution in [1.82, 2.24) is 4.98 Å². The first-order valence-electron chi connectivity index (χ1n) is 9.44. The summed E-state index contributed by atoms with van der Waals surface area (Å²) in [6, 6.07) is 23.4. The highest BCUT2D eigenvalue weighted by Gasteiger charge is 2.22. The monoisotopic (exact) mass is 399 g/mol. The molecule has 1 aromatic heterocycles. The number of benzene rings is 3. The van der Waals surface area contributed by atoms with E-state index in [2.05, 4.69) is 4.98 Å². The van der Waals surface area contributed by atoms with Gasteiger partial charge in [-0.05, 0) is 53.1 Å². The van der Waals surface area contributed by atoms with Gasteiger partial charge in [0.05, 0.1) is 11.2 Å². The molecule has 142 valence electrons. The van der Waals surface area contributed by atoms with Crippen molar-refractivity contribution in [3.05, 3.63) is 106 Å². The largest absolute Gasteiger partial charge is 0.488 e. The van der Waals surface area contributed by atoms with Crippen LogP contribution in [0.2, 0.25) is 5.02 Å². The first kappa shape index (κ1) is 17.9. The first-order valence-corrected chi connectivity index (χ1v) is 9.82. The highest BCUT2D eigenvalue weighted by molar-refractivity contribution is 6.31. The van der Waals surface area contributed by atoms with Crippen molar-refractivity contribution < 1.29 is 9.84 Å². The van der Waals surface area contributed by atoms with Crippen LogP contribution < -0.4 is 4.74 Å². The van der Waals surface area contributed by atoms with Gasteiger partial charge >= 0.3 is 0 Å². The summed E-state index contributed by atoms with van der Waals surface area (Å²) in [5, 5.41) is 12.6. The van der Waals surface area contributed by atoms with Gasteiger partial charge in [0.25, 0.3) is 0 Å². The number of fused-ring (bicyclic) bond motifs is 3. The van der Waals surface area contributed by atoms with Crippen molar-refractivity contribution in [3.63, 3.8) is 0 Å². The summed E-state index contributed by atoms with van der Waals surface area (Å²) in [7, 11) is 0. The predicted molar refractivity (Wildman–Crippen MR) is 117 cm³/mol. The Hall–Kier alpha value is -3.14. The molecule has 2 heterocycles. The number of aliphatic hydroxyl groups is 1. The van der Waals surface area contributed by atoms with Gasteiger partial charge in [-0.2, -0.15) is 0 Å². The Labute approximate surface area is 173 Å². The molecule has 0 amide bonds. The van der Waals surface area contributed by atoms with E-state index in [1.165, 1.54) is 0 Å². The molecule has 29 heavy (non-hydrogen) atoms. The molecule has 4 heteroatoms. The maximum Gasteiger partial charge on any atom is 0.126 e. The Kier molecular flexibility index (Phi) is 4.55. The van der Waals surface area contributed by atoms with Gasteiger partial charge in [0.2, 0.25) is 0 Å². The first-order chi connectivity index (χ1) is 14.2. The van der Waals surface area contributed by atoms with E-state index >= 15 is 0 Å². The molecule has 0 saturated heterocycles. The fourth-order valence-electron chi connectivity index (χ4n) is 3.65. The van der Waals surface area contributed by atoms with Crippen LogP contribution in [0.15, 0.2) is 72.8 Å². The molecule has 3 aromatic carbocycles. The van der Waals surface area contributed by atoms with Gasteiger partial charge in [0.15, 0.2) is 0 Å². The van der Waals surface area contributed by atoms with Crippen LogP contribution >= 0.6 is 11.6 Å². The smallest absolute Gasteiger partial charge is 0.126 e. The standard InChI is InChI=1S/C25H18ClNO2/c26-19-9-7-17-8-11-20(27-23(17)14-19)10-5-16-6-12-24-22(13-16)25(28)21-4-2-1-3-18(21)15-29-24/h1-14,25,28H,15H2/b10-5+. The zero-order valence-corrected chi connectivity index (χ0v) is 16.3. The molecular formula is C25H18ClNO2. The van der Waals surface area contributed by atoms with Crippen molar-refractivity contribution in [3.8, 4) is 5.75 Å². The lowest BCUT2D eigenvalue weighted by molar-refractivity contribution is 0.218. The molecule has 4 aromatic rings. The van der Waals surface area contributed by atoms with Crippen LogP contribution in [-0.4, -0.2) is 10.1 Å². The third kappa shape index (κ3) is 3.51. The summed E-state index contributed by atoms with van der Waals surface area (Å²) in [6.07, 6.45) is 3.24. The van der Waals surface area contributed by atoms with Crippen molar-refractivity contribution in [1.29, 1.82) is 0 Å². The molecule has 0 aliphatic carbocycles. The van der Waals surface area contributed by atoms with E-state index in [4.69, 9.17) is 16.3 Å². The molecule has 3 nitrogen and oxygen atoms in total. The average molecular weight is 400 g/mol. The zero-order valence-electron chi connectivity index (χ0n) is 15.5. The van der Waals surface area contributed by atoms with Crippen LogP contribution in [0.1, 0.15) is 34.1 Å². The number of hydrogen-bond acceptors (Lipinski definition) is 3. The highest BCUT2D eigenvalue weighted by Crippen LogP contribution is 2.36. The Morgan fingerprint density at radius 3 is 2.72 bits per heavy atom. The van der Waals surface area contributed by atoms with E-state index in [0.717, 1.165) is 38.9 Å². The highest BCUT2D eigenvalue weighted by atomic mass is 35.5. The van der Waals surface area contributed by atoms with Gasteiger partial charge in [-0.15, -0.1) is 0 Å². The maximum absolute atomic E-state index is 10.9. The SMILES string of the molecule is OC1c2ccccc2COc2ccc(/C=C/c3ccc4ccc(Cl)cc4n3)cc21. The van der Waals surface area contributed by atoms with E-state index in [1.54, 1.807) is 0 Å². The number of pyridine rings is 1. The minimum Gasteiger partial charge on any atom is -0.488 e. The molecule has 1 atom stereocenters. The number of nitrogens with zero attached hydrogens (tertiary/aromatic N) is 1. The second kappa shape index (κ2) is 7.36. The van der Waals surface area contributed by atoms with Gasteiger partial charge in [-0.1, -0.05) is 60.1 Å². The van der Waals surface area contributed by atoms with Crippen molar-refractivity contribution in [2.45, 2.75) is 12.7 Å². The van der Waals surface area contributed by atoms with Crippen LogP contribution in [0.25, 0.3) is 23.1 Å². The van der Waals surface area contributed by atoms with E-state index in [-0.39, 0.29) is 0 Å². The zero-order chi connectivity index (χ0) is 19.8. The lowest BCUT2D eigenvalue weighted by atomic mass is 9.96. The van der Waals surface area contributed by atoms with Crippen LogP contribution in [0, 0.1) is 0 Å². The summed E-state index contributed by atoms with van der Waals surface area (Å²) in [5.41, 5.74) is 5.35. The van der Waals surface area contributed by atoms with Crippen LogP contribution in [0.5, 0.6) is 5.75 Å². The molecule has 0 radical (unpaired) electrons. The Bertz CT molecular complexity index is 1250. The quantitative estimate of drug-likeness (QED) is 0.447. The molecule has 0 saturated carbocycles. The number of hydrogen-bond donors (Lipinski definition) is 1. The van der Waals surface area contributed by atoms with Gasteiger partial charge in [-0.3, -0.25) is 0 Å². The molecule has 1 aliphatic rings. The van der Waals surface area contributed by atoms with Crippen LogP contribution in [-0.2, 0) is 6.61 Å². The molecule has 0 bridgehead atoms. The normalized spacial score (nSPS) is 15.6. The fraction of sp³-hybridized carbons (Fsp3) is 0.0800. The Morgan fingerprint density at radius 2 is 1.79 bits per heavy atom. The molecule has 0 spiro atoms. The summed E-state index contributed by atoms with van der Waals surface area (Å²) in [5.74, 6) is 0.712. The molecule has 1 aliphatic heterocycles. The predicted octanol–water partition coefficient (Wildman–Crippen LogP) is 6.03. The summed E-state index contributed by atoms with van der Waals surface area (Å²) >= 11 is 6.08. The van der Waals surface area contributed by atoms with E-state index in [1.807, 2.05) is 84.9 Å². The van der Waals surface area contributed by atoms with Gasteiger partial charge in [0.1, 0.15) is 18.5 Å². The van der Waals surface area contributed by atoms with Crippen molar-refractivity contribution in [2.24, 2.45) is 0 Å². The number of ether oxygens (including phenoxy) is 1.